The fraction of sp³-hybridized carbons (Fsp3) is 0.769. The topological polar surface area (TPSA) is 17.8 Å². The predicted molar refractivity (Wildman–Crippen MR) is 62.4 cm³/mol. The lowest BCUT2D eigenvalue weighted by atomic mass is 9.57. The van der Waals surface area contributed by atoms with E-state index in [0.29, 0.717) is 0 Å². The summed E-state index contributed by atoms with van der Waals surface area (Å²) in [6.45, 7) is 8.34. The summed E-state index contributed by atoms with van der Waals surface area (Å²) < 4.78 is 2.18. The Labute approximate surface area is 92.7 Å². The van der Waals surface area contributed by atoms with E-state index in [9.17, 15) is 0 Å². The molecule has 0 aliphatic heterocycles. The van der Waals surface area contributed by atoms with Crippen molar-refractivity contribution < 1.29 is 0 Å². The lowest BCUT2D eigenvalue weighted by Gasteiger charge is -2.48. The lowest BCUT2D eigenvalue weighted by molar-refractivity contribution is 0.00764. The Bertz CT molecular complexity index is 281. The molecule has 0 radical (unpaired) electrons. The van der Waals surface area contributed by atoms with Gasteiger partial charge in [0.25, 0.3) is 0 Å². The van der Waals surface area contributed by atoms with E-state index in [1.807, 2.05) is 12.5 Å². The summed E-state index contributed by atoms with van der Waals surface area (Å²) in [7, 11) is 0. The molecule has 1 fully saturated rings. The van der Waals surface area contributed by atoms with E-state index in [-0.39, 0.29) is 0 Å². The average molecular weight is 206 g/mol. The first-order valence-corrected chi connectivity index (χ1v) is 6.16. The molecule has 15 heavy (non-hydrogen) atoms. The van der Waals surface area contributed by atoms with E-state index in [2.05, 4.69) is 36.5 Å². The van der Waals surface area contributed by atoms with Gasteiger partial charge in [-0.05, 0) is 36.5 Å². The zero-order chi connectivity index (χ0) is 10.8. The fourth-order valence-corrected chi connectivity index (χ4v) is 3.05. The van der Waals surface area contributed by atoms with Crippen molar-refractivity contribution in [2.45, 2.75) is 40.2 Å². The molecular formula is C13H22N2. The highest BCUT2D eigenvalue weighted by atomic mass is 15.0. The molecule has 0 spiro atoms. The van der Waals surface area contributed by atoms with Gasteiger partial charge >= 0.3 is 0 Å². The molecular weight excluding hydrogens is 184 g/mol. The van der Waals surface area contributed by atoms with Gasteiger partial charge in [0, 0.05) is 18.9 Å². The van der Waals surface area contributed by atoms with Crippen molar-refractivity contribution >= 4 is 0 Å². The second kappa shape index (κ2) is 4.38. The molecule has 0 amide bonds. The molecule has 2 unspecified atom stereocenters. The highest BCUT2D eigenvalue weighted by molar-refractivity contribution is 4.89. The van der Waals surface area contributed by atoms with Crippen LogP contribution in [0.1, 0.15) is 33.6 Å². The molecule has 2 atom stereocenters. The molecule has 0 bridgehead atoms. The highest BCUT2D eigenvalue weighted by Crippen LogP contribution is 2.47. The number of rotatable bonds is 4. The van der Waals surface area contributed by atoms with Crippen LogP contribution in [-0.2, 0) is 6.54 Å². The molecule has 0 saturated heterocycles. The quantitative estimate of drug-likeness (QED) is 0.739. The Morgan fingerprint density at radius 1 is 1.13 bits per heavy atom. The monoisotopic (exact) mass is 206 g/mol. The van der Waals surface area contributed by atoms with Crippen LogP contribution in [-0.4, -0.2) is 9.55 Å². The number of nitrogens with zero attached hydrogens (tertiary/aromatic N) is 2. The smallest absolute Gasteiger partial charge is 0.0945 e. The zero-order valence-corrected chi connectivity index (χ0v) is 10.1. The summed E-state index contributed by atoms with van der Waals surface area (Å²) in [4.78, 5) is 4.06. The first-order chi connectivity index (χ1) is 7.20. The maximum Gasteiger partial charge on any atom is 0.0945 e. The van der Waals surface area contributed by atoms with Gasteiger partial charge in [-0.2, -0.15) is 0 Å². The molecule has 1 aliphatic rings. The van der Waals surface area contributed by atoms with Crippen LogP contribution in [0.5, 0.6) is 0 Å². The molecule has 2 heteroatoms. The zero-order valence-electron chi connectivity index (χ0n) is 10.1. The largest absolute Gasteiger partial charge is 0.337 e. The third kappa shape index (κ3) is 2.09. The van der Waals surface area contributed by atoms with Crippen LogP contribution < -0.4 is 0 Å². The predicted octanol–water partition coefficient (Wildman–Crippen LogP) is 3.20. The van der Waals surface area contributed by atoms with Crippen LogP contribution in [0.4, 0.5) is 0 Å². The van der Waals surface area contributed by atoms with Crippen LogP contribution in [0.15, 0.2) is 18.7 Å². The van der Waals surface area contributed by atoms with Gasteiger partial charge in [-0.15, -0.1) is 0 Å². The van der Waals surface area contributed by atoms with Crippen molar-refractivity contribution in [1.82, 2.24) is 9.55 Å². The van der Waals surface area contributed by atoms with Crippen LogP contribution in [0.3, 0.4) is 0 Å². The molecule has 0 N–H and O–H groups in total. The Hall–Kier alpha value is -0.790. The van der Waals surface area contributed by atoms with Crippen molar-refractivity contribution in [2.24, 2.45) is 23.7 Å². The van der Waals surface area contributed by atoms with E-state index in [4.69, 9.17) is 0 Å². The number of imidazole rings is 1. The number of aryl methyl sites for hydroxylation is 1. The summed E-state index contributed by atoms with van der Waals surface area (Å²) in [5.41, 5.74) is 0. The van der Waals surface area contributed by atoms with Crippen LogP contribution in [0, 0.1) is 23.7 Å². The molecule has 1 saturated carbocycles. The van der Waals surface area contributed by atoms with Crippen molar-refractivity contribution in [3.8, 4) is 0 Å². The SMILES string of the molecule is CC1C(C)C(CCCn2ccnc2)C1C. The maximum atomic E-state index is 4.06. The second-order valence-electron chi connectivity index (χ2n) is 5.18. The van der Waals surface area contributed by atoms with Gasteiger partial charge in [-0.25, -0.2) is 4.98 Å². The van der Waals surface area contributed by atoms with Gasteiger partial charge in [-0.1, -0.05) is 20.8 Å². The van der Waals surface area contributed by atoms with Crippen molar-refractivity contribution in [2.75, 3.05) is 0 Å². The van der Waals surface area contributed by atoms with E-state index < -0.39 is 0 Å². The third-order valence-electron chi connectivity index (χ3n) is 4.52. The summed E-state index contributed by atoms with van der Waals surface area (Å²) in [5.74, 6) is 3.76. The summed E-state index contributed by atoms with van der Waals surface area (Å²) in [6, 6.07) is 0. The first-order valence-electron chi connectivity index (χ1n) is 6.16. The van der Waals surface area contributed by atoms with Crippen molar-refractivity contribution in [3.63, 3.8) is 0 Å². The molecule has 2 nitrogen and oxygen atoms in total. The molecule has 0 aromatic carbocycles. The lowest BCUT2D eigenvalue weighted by Crippen LogP contribution is -2.41. The maximum absolute atomic E-state index is 4.06. The van der Waals surface area contributed by atoms with Crippen LogP contribution in [0.2, 0.25) is 0 Å². The average Bonchev–Trinajstić information content (AvgIpc) is 2.75. The number of hydrogen-bond acceptors (Lipinski definition) is 1. The van der Waals surface area contributed by atoms with Gasteiger partial charge in [-0.3, -0.25) is 0 Å². The minimum Gasteiger partial charge on any atom is -0.337 e. The normalized spacial score (nSPS) is 35.1. The van der Waals surface area contributed by atoms with Crippen molar-refractivity contribution in [1.29, 1.82) is 0 Å². The second-order valence-corrected chi connectivity index (χ2v) is 5.18. The highest BCUT2D eigenvalue weighted by Gasteiger charge is 2.40. The Morgan fingerprint density at radius 2 is 1.87 bits per heavy atom. The number of hydrogen-bond donors (Lipinski definition) is 0. The van der Waals surface area contributed by atoms with Crippen LogP contribution >= 0.6 is 0 Å². The molecule has 1 heterocycles. The third-order valence-corrected chi connectivity index (χ3v) is 4.52. The summed E-state index contributed by atoms with van der Waals surface area (Å²) in [5, 5.41) is 0. The Kier molecular flexibility index (Phi) is 3.13. The number of aromatic nitrogens is 2. The van der Waals surface area contributed by atoms with Gasteiger partial charge in [0.05, 0.1) is 6.33 Å². The van der Waals surface area contributed by atoms with Crippen molar-refractivity contribution in [3.05, 3.63) is 18.7 Å². The molecule has 1 aromatic heterocycles. The minimum absolute atomic E-state index is 0.933. The van der Waals surface area contributed by atoms with E-state index in [0.717, 1.165) is 30.2 Å². The van der Waals surface area contributed by atoms with Gasteiger partial charge in [0.1, 0.15) is 0 Å². The molecule has 2 rings (SSSR count). The first kappa shape index (κ1) is 10.7. The van der Waals surface area contributed by atoms with E-state index >= 15 is 0 Å². The van der Waals surface area contributed by atoms with Gasteiger partial charge < -0.3 is 4.57 Å². The molecule has 1 aliphatic carbocycles. The van der Waals surface area contributed by atoms with Crippen LogP contribution in [0.25, 0.3) is 0 Å². The van der Waals surface area contributed by atoms with E-state index in [1.54, 1.807) is 0 Å². The Morgan fingerprint density at radius 3 is 2.47 bits per heavy atom. The Balaban J connectivity index is 1.71. The van der Waals surface area contributed by atoms with Gasteiger partial charge in [0.15, 0.2) is 0 Å². The minimum atomic E-state index is 0.933. The molecule has 84 valence electrons. The standard InChI is InChI=1S/C13H22N2/c1-10-11(2)13(12(10)3)5-4-7-15-8-6-14-9-15/h6,8-13H,4-5,7H2,1-3H3. The van der Waals surface area contributed by atoms with Gasteiger partial charge in [0.2, 0.25) is 0 Å². The summed E-state index contributed by atoms with van der Waals surface area (Å²) >= 11 is 0. The fourth-order valence-electron chi connectivity index (χ4n) is 3.05. The summed E-state index contributed by atoms with van der Waals surface area (Å²) in [6.07, 6.45) is 8.50. The van der Waals surface area contributed by atoms with E-state index in [1.165, 1.54) is 12.8 Å². The molecule has 1 aromatic rings.